The average molecular weight is 177 g/mol. The smallest absolute Gasteiger partial charge is 0.0404 e. The molecular formula is C12H19N. The maximum Gasteiger partial charge on any atom is 0.0404 e. The summed E-state index contributed by atoms with van der Waals surface area (Å²) in [7, 11) is 0. The molecule has 0 saturated heterocycles. The van der Waals surface area contributed by atoms with Crippen LogP contribution < -0.4 is 0 Å². The Morgan fingerprint density at radius 3 is 2.54 bits per heavy atom. The van der Waals surface area contributed by atoms with Crippen molar-refractivity contribution in [3.8, 4) is 0 Å². The number of hydrogen-bond donors (Lipinski definition) is 0. The lowest BCUT2D eigenvalue weighted by Crippen LogP contribution is -2.07. The van der Waals surface area contributed by atoms with E-state index in [2.05, 4.69) is 38.7 Å². The normalized spacial score (nSPS) is 11.7. The number of aryl methyl sites for hydroxylation is 2. The third-order valence-corrected chi connectivity index (χ3v) is 2.26. The molecule has 0 unspecified atom stereocenters. The molecule has 1 rings (SSSR count). The molecule has 0 amide bonds. The highest BCUT2D eigenvalue weighted by Gasteiger charge is 2.10. The van der Waals surface area contributed by atoms with Crippen molar-refractivity contribution in [2.24, 2.45) is 5.41 Å². The molecule has 1 heterocycles. The standard InChI is InChI=1S/C12H19N/c1-10-11(6-5-9-13-10)7-8-12(2,3)4/h5-6,9H,7-8H2,1-4H3. The van der Waals surface area contributed by atoms with E-state index >= 15 is 0 Å². The molecule has 0 radical (unpaired) electrons. The third-order valence-electron chi connectivity index (χ3n) is 2.26. The van der Waals surface area contributed by atoms with E-state index < -0.39 is 0 Å². The second-order valence-electron chi connectivity index (χ2n) is 4.81. The summed E-state index contributed by atoms with van der Waals surface area (Å²) in [6.45, 7) is 8.91. The molecule has 0 bridgehead atoms. The molecule has 1 aromatic rings. The quantitative estimate of drug-likeness (QED) is 0.675. The molecule has 72 valence electrons. The number of rotatable bonds is 2. The van der Waals surface area contributed by atoms with E-state index in [0.717, 1.165) is 6.42 Å². The van der Waals surface area contributed by atoms with Gasteiger partial charge in [-0.25, -0.2) is 0 Å². The Morgan fingerprint density at radius 1 is 1.31 bits per heavy atom. The van der Waals surface area contributed by atoms with Crippen LogP contribution in [0, 0.1) is 12.3 Å². The van der Waals surface area contributed by atoms with Gasteiger partial charge in [0.15, 0.2) is 0 Å². The lowest BCUT2D eigenvalue weighted by molar-refractivity contribution is 0.377. The monoisotopic (exact) mass is 177 g/mol. The maximum atomic E-state index is 4.28. The van der Waals surface area contributed by atoms with E-state index in [0.29, 0.717) is 5.41 Å². The highest BCUT2D eigenvalue weighted by atomic mass is 14.7. The molecule has 0 aliphatic heterocycles. The average Bonchev–Trinajstić information content (AvgIpc) is 2.01. The largest absolute Gasteiger partial charge is 0.261 e. The molecule has 0 spiro atoms. The molecule has 0 N–H and O–H groups in total. The van der Waals surface area contributed by atoms with E-state index in [1.165, 1.54) is 17.7 Å². The van der Waals surface area contributed by atoms with Crippen molar-refractivity contribution in [3.63, 3.8) is 0 Å². The maximum absolute atomic E-state index is 4.28. The van der Waals surface area contributed by atoms with Gasteiger partial charge in [0.1, 0.15) is 0 Å². The molecule has 0 saturated carbocycles. The summed E-state index contributed by atoms with van der Waals surface area (Å²) in [6, 6.07) is 4.19. The number of pyridine rings is 1. The van der Waals surface area contributed by atoms with Gasteiger partial charge in [-0.1, -0.05) is 26.8 Å². The fraction of sp³-hybridized carbons (Fsp3) is 0.583. The highest BCUT2D eigenvalue weighted by Crippen LogP contribution is 2.21. The van der Waals surface area contributed by atoms with Gasteiger partial charge in [-0.15, -0.1) is 0 Å². The Morgan fingerprint density at radius 2 is 2.00 bits per heavy atom. The van der Waals surface area contributed by atoms with Crippen LogP contribution in [-0.2, 0) is 6.42 Å². The van der Waals surface area contributed by atoms with E-state index in [1.54, 1.807) is 0 Å². The summed E-state index contributed by atoms with van der Waals surface area (Å²) in [4.78, 5) is 4.28. The van der Waals surface area contributed by atoms with Gasteiger partial charge in [0.2, 0.25) is 0 Å². The van der Waals surface area contributed by atoms with E-state index in [1.807, 2.05) is 12.3 Å². The van der Waals surface area contributed by atoms with Gasteiger partial charge in [0, 0.05) is 11.9 Å². The van der Waals surface area contributed by atoms with Crippen LogP contribution >= 0.6 is 0 Å². The predicted octanol–water partition coefficient (Wildman–Crippen LogP) is 3.37. The van der Waals surface area contributed by atoms with Gasteiger partial charge in [-0.3, -0.25) is 4.98 Å². The molecule has 0 aromatic carbocycles. The Kier molecular flexibility index (Phi) is 3.07. The molecule has 0 fully saturated rings. The van der Waals surface area contributed by atoms with Crippen molar-refractivity contribution in [1.29, 1.82) is 0 Å². The van der Waals surface area contributed by atoms with Gasteiger partial charge in [0.05, 0.1) is 0 Å². The van der Waals surface area contributed by atoms with E-state index in [4.69, 9.17) is 0 Å². The Hall–Kier alpha value is -0.850. The molecule has 1 nitrogen and oxygen atoms in total. The lowest BCUT2D eigenvalue weighted by Gasteiger charge is -2.18. The minimum Gasteiger partial charge on any atom is -0.261 e. The molecule has 13 heavy (non-hydrogen) atoms. The summed E-state index contributed by atoms with van der Waals surface area (Å²) in [5, 5.41) is 0. The van der Waals surface area contributed by atoms with Crippen molar-refractivity contribution in [2.45, 2.75) is 40.5 Å². The summed E-state index contributed by atoms with van der Waals surface area (Å²) in [6.07, 6.45) is 4.22. The van der Waals surface area contributed by atoms with Crippen LogP contribution in [0.3, 0.4) is 0 Å². The zero-order valence-corrected chi connectivity index (χ0v) is 9.09. The molecule has 0 aliphatic carbocycles. The summed E-state index contributed by atoms with van der Waals surface area (Å²) < 4.78 is 0. The number of nitrogens with zero attached hydrogens (tertiary/aromatic N) is 1. The van der Waals surface area contributed by atoms with Crippen molar-refractivity contribution >= 4 is 0 Å². The first-order chi connectivity index (χ1) is 5.99. The van der Waals surface area contributed by atoms with Crippen LogP contribution in [0.4, 0.5) is 0 Å². The van der Waals surface area contributed by atoms with Gasteiger partial charge in [-0.05, 0) is 36.8 Å². The first-order valence-corrected chi connectivity index (χ1v) is 4.89. The summed E-state index contributed by atoms with van der Waals surface area (Å²) >= 11 is 0. The molecule has 1 aromatic heterocycles. The van der Waals surface area contributed by atoms with Gasteiger partial charge in [-0.2, -0.15) is 0 Å². The zero-order valence-electron chi connectivity index (χ0n) is 9.09. The third kappa shape index (κ3) is 3.58. The van der Waals surface area contributed by atoms with Crippen LogP contribution in [-0.4, -0.2) is 4.98 Å². The molecule has 0 atom stereocenters. The van der Waals surface area contributed by atoms with E-state index in [-0.39, 0.29) is 0 Å². The predicted molar refractivity (Wildman–Crippen MR) is 56.8 cm³/mol. The van der Waals surface area contributed by atoms with E-state index in [9.17, 15) is 0 Å². The highest BCUT2D eigenvalue weighted by molar-refractivity contribution is 5.18. The topological polar surface area (TPSA) is 12.9 Å². The molecular weight excluding hydrogens is 158 g/mol. The van der Waals surface area contributed by atoms with Crippen LogP contribution in [0.1, 0.15) is 38.4 Å². The summed E-state index contributed by atoms with van der Waals surface area (Å²) in [5.74, 6) is 0. The Bertz CT molecular complexity index is 271. The second kappa shape index (κ2) is 3.91. The fourth-order valence-electron chi connectivity index (χ4n) is 1.29. The van der Waals surface area contributed by atoms with Gasteiger partial charge < -0.3 is 0 Å². The van der Waals surface area contributed by atoms with Gasteiger partial charge >= 0.3 is 0 Å². The van der Waals surface area contributed by atoms with Crippen molar-refractivity contribution in [1.82, 2.24) is 4.98 Å². The zero-order chi connectivity index (χ0) is 9.90. The number of hydrogen-bond acceptors (Lipinski definition) is 1. The van der Waals surface area contributed by atoms with Crippen molar-refractivity contribution in [3.05, 3.63) is 29.6 Å². The first-order valence-electron chi connectivity index (χ1n) is 4.89. The van der Waals surface area contributed by atoms with Crippen LogP contribution in [0.2, 0.25) is 0 Å². The molecule has 0 aliphatic rings. The minimum atomic E-state index is 0.419. The lowest BCUT2D eigenvalue weighted by atomic mass is 9.88. The van der Waals surface area contributed by atoms with Gasteiger partial charge in [0.25, 0.3) is 0 Å². The SMILES string of the molecule is Cc1ncccc1CCC(C)(C)C. The molecule has 1 heteroatoms. The number of aromatic nitrogens is 1. The van der Waals surface area contributed by atoms with Crippen molar-refractivity contribution < 1.29 is 0 Å². The summed E-state index contributed by atoms with van der Waals surface area (Å²) in [5.41, 5.74) is 2.98. The Labute approximate surface area is 81.2 Å². The Balaban J connectivity index is 2.60. The van der Waals surface area contributed by atoms with Crippen LogP contribution in [0.25, 0.3) is 0 Å². The fourth-order valence-corrected chi connectivity index (χ4v) is 1.29. The van der Waals surface area contributed by atoms with Crippen LogP contribution in [0.5, 0.6) is 0 Å². The first kappa shape index (κ1) is 10.2. The minimum absolute atomic E-state index is 0.419. The second-order valence-corrected chi connectivity index (χ2v) is 4.81. The van der Waals surface area contributed by atoms with Crippen molar-refractivity contribution in [2.75, 3.05) is 0 Å². The van der Waals surface area contributed by atoms with Crippen LogP contribution in [0.15, 0.2) is 18.3 Å².